The summed E-state index contributed by atoms with van der Waals surface area (Å²) in [5.41, 5.74) is 5.79. The van der Waals surface area contributed by atoms with Crippen molar-refractivity contribution < 1.29 is 5.11 Å². The van der Waals surface area contributed by atoms with E-state index in [1.165, 1.54) is 0 Å². The zero-order valence-electron chi connectivity index (χ0n) is 8.56. The summed E-state index contributed by atoms with van der Waals surface area (Å²) < 4.78 is 2.35. The lowest BCUT2D eigenvalue weighted by molar-refractivity contribution is 0.158. The third-order valence-corrected chi connectivity index (χ3v) is 2.35. The van der Waals surface area contributed by atoms with E-state index in [9.17, 15) is 5.11 Å². The van der Waals surface area contributed by atoms with E-state index in [2.05, 4.69) is 10.2 Å². The fourth-order valence-corrected chi connectivity index (χ4v) is 1.62. The van der Waals surface area contributed by atoms with Gasteiger partial charge in [-0.2, -0.15) is 5.10 Å². The summed E-state index contributed by atoms with van der Waals surface area (Å²) in [5.74, 6) is 0.597. The van der Waals surface area contributed by atoms with Gasteiger partial charge in [0.1, 0.15) is 0 Å². The first kappa shape index (κ1) is 11.4. The highest BCUT2D eigenvalue weighted by atomic mass is 32.1. The molecule has 2 atom stereocenters. The van der Waals surface area contributed by atoms with Gasteiger partial charge < -0.3 is 15.4 Å². The quantitative estimate of drug-likeness (QED) is 0.656. The van der Waals surface area contributed by atoms with E-state index >= 15 is 0 Å². The number of aromatic nitrogens is 3. The van der Waals surface area contributed by atoms with Crippen LogP contribution in [-0.4, -0.2) is 26.0 Å². The predicted octanol–water partition coefficient (Wildman–Crippen LogP) is 0.902. The van der Waals surface area contributed by atoms with Crippen molar-refractivity contribution in [2.24, 2.45) is 5.73 Å². The summed E-state index contributed by atoms with van der Waals surface area (Å²) in [4.78, 5) is 0. The Hall–Kier alpha value is -0.720. The molecule has 4 N–H and O–H groups in total. The van der Waals surface area contributed by atoms with Crippen molar-refractivity contribution in [3.8, 4) is 0 Å². The number of rotatable bonds is 3. The monoisotopic (exact) mass is 216 g/mol. The number of aromatic amines is 1. The van der Waals surface area contributed by atoms with Crippen LogP contribution >= 0.6 is 12.2 Å². The third-order valence-electron chi connectivity index (χ3n) is 2.07. The maximum atomic E-state index is 9.36. The van der Waals surface area contributed by atoms with Crippen molar-refractivity contribution in [2.45, 2.75) is 39.0 Å². The van der Waals surface area contributed by atoms with E-state index in [0.29, 0.717) is 10.6 Å². The van der Waals surface area contributed by atoms with Crippen LogP contribution in [0.4, 0.5) is 0 Å². The first-order chi connectivity index (χ1) is 6.45. The smallest absolute Gasteiger partial charge is 0.195 e. The van der Waals surface area contributed by atoms with Crippen LogP contribution in [0.5, 0.6) is 0 Å². The molecule has 0 fully saturated rings. The Morgan fingerprint density at radius 3 is 2.50 bits per heavy atom. The van der Waals surface area contributed by atoms with Gasteiger partial charge in [0, 0.05) is 6.04 Å². The van der Waals surface area contributed by atoms with Crippen molar-refractivity contribution in [2.75, 3.05) is 0 Å². The zero-order valence-corrected chi connectivity index (χ0v) is 9.38. The maximum absolute atomic E-state index is 9.36. The molecule has 1 heterocycles. The van der Waals surface area contributed by atoms with E-state index in [1.807, 2.05) is 18.4 Å². The van der Waals surface area contributed by atoms with Crippen LogP contribution in [0.3, 0.4) is 0 Å². The summed E-state index contributed by atoms with van der Waals surface area (Å²) in [6.45, 7) is 5.61. The van der Waals surface area contributed by atoms with Crippen LogP contribution in [0.25, 0.3) is 0 Å². The first-order valence-corrected chi connectivity index (χ1v) is 4.96. The van der Waals surface area contributed by atoms with Gasteiger partial charge in [-0.15, -0.1) is 0 Å². The molecule has 0 unspecified atom stereocenters. The number of nitrogens with two attached hydrogens (primary N) is 1. The Morgan fingerprint density at radius 1 is 1.50 bits per heavy atom. The predicted molar refractivity (Wildman–Crippen MR) is 56.4 cm³/mol. The van der Waals surface area contributed by atoms with E-state index in [-0.39, 0.29) is 6.04 Å². The lowest BCUT2D eigenvalue weighted by atomic mass is 10.2. The lowest BCUT2D eigenvalue weighted by Gasteiger charge is -2.17. The average Bonchev–Trinajstić information content (AvgIpc) is 2.45. The van der Waals surface area contributed by atoms with Gasteiger partial charge in [-0.1, -0.05) is 0 Å². The molecule has 0 radical (unpaired) electrons. The lowest BCUT2D eigenvalue weighted by Crippen LogP contribution is -2.27. The Kier molecular flexibility index (Phi) is 3.41. The Labute approximate surface area is 87.9 Å². The molecule has 0 aliphatic rings. The largest absolute Gasteiger partial charge is 0.391 e. The summed E-state index contributed by atoms with van der Waals surface area (Å²) in [7, 11) is 0. The molecule has 1 aromatic rings. The SMILES string of the molecule is CC(C)n1c([C@@H](N)[C@H](C)O)n[nH]c1=S. The molecule has 0 aliphatic carbocycles. The number of nitrogens with zero attached hydrogens (tertiary/aromatic N) is 2. The van der Waals surface area contributed by atoms with Crippen LogP contribution in [-0.2, 0) is 0 Å². The van der Waals surface area contributed by atoms with Gasteiger partial charge >= 0.3 is 0 Å². The van der Waals surface area contributed by atoms with Crippen molar-refractivity contribution in [3.05, 3.63) is 10.6 Å². The summed E-state index contributed by atoms with van der Waals surface area (Å²) >= 11 is 5.06. The highest BCUT2D eigenvalue weighted by Crippen LogP contribution is 2.16. The summed E-state index contributed by atoms with van der Waals surface area (Å²) in [6, 6.07) is -0.327. The van der Waals surface area contributed by atoms with Gasteiger partial charge in [0.2, 0.25) is 0 Å². The molecule has 0 saturated carbocycles. The second-order valence-corrected chi connectivity index (χ2v) is 4.00. The molecule has 0 bridgehead atoms. The fourth-order valence-electron chi connectivity index (χ4n) is 1.27. The number of aliphatic hydroxyl groups excluding tert-OH is 1. The molecule has 0 aromatic carbocycles. The molecule has 6 heteroatoms. The first-order valence-electron chi connectivity index (χ1n) is 4.55. The van der Waals surface area contributed by atoms with E-state index in [0.717, 1.165) is 0 Å². The number of nitrogens with one attached hydrogen (secondary N) is 1. The molecule has 0 amide bonds. The van der Waals surface area contributed by atoms with Crippen LogP contribution < -0.4 is 5.73 Å². The highest BCUT2D eigenvalue weighted by Gasteiger charge is 2.20. The standard InChI is InChI=1S/C8H16N4OS/c1-4(2)12-7(6(9)5(3)13)10-11-8(12)14/h4-6,13H,9H2,1-3H3,(H,11,14)/t5-,6-/m0/s1. The average molecular weight is 216 g/mol. The Balaban J connectivity index is 3.15. The molecule has 14 heavy (non-hydrogen) atoms. The minimum absolute atomic E-state index is 0.182. The molecule has 0 aliphatic heterocycles. The van der Waals surface area contributed by atoms with Gasteiger partial charge in [0.05, 0.1) is 12.1 Å². The van der Waals surface area contributed by atoms with Gasteiger partial charge in [-0.05, 0) is 33.0 Å². The molecule has 1 aromatic heterocycles. The van der Waals surface area contributed by atoms with Crippen molar-refractivity contribution in [1.29, 1.82) is 0 Å². The molecular weight excluding hydrogens is 200 g/mol. The number of hydrogen-bond acceptors (Lipinski definition) is 4. The van der Waals surface area contributed by atoms with E-state index in [4.69, 9.17) is 18.0 Å². The second kappa shape index (κ2) is 4.20. The van der Waals surface area contributed by atoms with Crippen molar-refractivity contribution in [1.82, 2.24) is 14.8 Å². The van der Waals surface area contributed by atoms with Gasteiger partial charge in [-0.25, -0.2) is 0 Å². The van der Waals surface area contributed by atoms with Crippen LogP contribution in [0, 0.1) is 4.77 Å². The third kappa shape index (κ3) is 2.02. The van der Waals surface area contributed by atoms with Crippen molar-refractivity contribution >= 4 is 12.2 Å². The van der Waals surface area contributed by atoms with Crippen LogP contribution in [0.15, 0.2) is 0 Å². The minimum atomic E-state index is -0.641. The van der Waals surface area contributed by atoms with Crippen LogP contribution in [0.1, 0.15) is 38.7 Å². The fraction of sp³-hybridized carbons (Fsp3) is 0.750. The Morgan fingerprint density at radius 2 is 2.07 bits per heavy atom. The second-order valence-electron chi connectivity index (χ2n) is 3.62. The molecule has 5 nitrogen and oxygen atoms in total. The van der Waals surface area contributed by atoms with E-state index < -0.39 is 12.1 Å². The highest BCUT2D eigenvalue weighted by molar-refractivity contribution is 7.71. The molecule has 0 saturated heterocycles. The Bertz CT molecular complexity index is 354. The minimum Gasteiger partial charge on any atom is -0.391 e. The molecule has 1 rings (SSSR count). The van der Waals surface area contributed by atoms with E-state index in [1.54, 1.807) is 6.92 Å². The van der Waals surface area contributed by atoms with Gasteiger partial charge in [0.15, 0.2) is 10.6 Å². The van der Waals surface area contributed by atoms with Crippen molar-refractivity contribution in [3.63, 3.8) is 0 Å². The topological polar surface area (TPSA) is 79.9 Å². The summed E-state index contributed by atoms with van der Waals surface area (Å²) in [6.07, 6.45) is -0.641. The zero-order chi connectivity index (χ0) is 10.9. The molecular formula is C8H16N4OS. The van der Waals surface area contributed by atoms with Crippen LogP contribution in [0.2, 0.25) is 0 Å². The molecule has 0 spiro atoms. The number of H-pyrrole nitrogens is 1. The van der Waals surface area contributed by atoms with Gasteiger partial charge in [-0.3, -0.25) is 5.10 Å². The summed E-state index contributed by atoms with van der Waals surface area (Å²) in [5, 5.41) is 16.1. The number of hydrogen-bond donors (Lipinski definition) is 3. The van der Waals surface area contributed by atoms with Gasteiger partial charge in [0.25, 0.3) is 0 Å². The normalized spacial score (nSPS) is 15.9. The maximum Gasteiger partial charge on any atom is 0.195 e. The number of aliphatic hydroxyl groups is 1. The molecule has 80 valence electrons.